The second-order valence-electron chi connectivity index (χ2n) is 7.99. The summed E-state index contributed by atoms with van der Waals surface area (Å²) < 4.78 is 2.33. The van der Waals surface area contributed by atoms with E-state index in [-0.39, 0.29) is 17.9 Å². The zero-order chi connectivity index (χ0) is 19.8. The Bertz CT molecular complexity index is 1050. The number of benzene rings is 1. The summed E-state index contributed by atoms with van der Waals surface area (Å²) in [4.78, 5) is 26.1. The van der Waals surface area contributed by atoms with E-state index in [4.69, 9.17) is 4.84 Å². The molecule has 2 N–H and O–H groups in total. The monoisotopic (exact) mass is 391 g/mol. The molecule has 29 heavy (non-hydrogen) atoms. The highest BCUT2D eigenvalue weighted by atomic mass is 16.7. The molecule has 1 aliphatic heterocycles. The lowest BCUT2D eigenvalue weighted by Gasteiger charge is -2.28. The maximum absolute atomic E-state index is 11.8. The standard InChI is InChI=1S/C22H25N5O2/c1-14-10-16-4-2-3-5-19(16)27(14)9-8-23-21-12-18(24-13-25-21)15-6-7-17-20(11-15)29-26-22(17)28/h2-5,10,12-13,15,17,20H,6-9,11H2,1H3,(H,26,28)(H,23,24,25). The Hall–Kier alpha value is -2.93. The molecule has 2 aromatic heterocycles. The Balaban J connectivity index is 1.24. The van der Waals surface area contributed by atoms with Gasteiger partial charge < -0.3 is 9.88 Å². The quantitative estimate of drug-likeness (QED) is 0.698. The Morgan fingerprint density at radius 1 is 1.24 bits per heavy atom. The summed E-state index contributed by atoms with van der Waals surface area (Å²) >= 11 is 0. The highest BCUT2D eigenvalue weighted by Crippen LogP contribution is 2.38. The van der Waals surface area contributed by atoms with Gasteiger partial charge >= 0.3 is 0 Å². The van der Waals surface area contributed by atoms with Crippen LogP contribution in [0, 0.1) is 12.8 Å². The minimum absolute atomic E-state index is 0.00897. The van der Waals surface area contributed by atoms with Crippen molar-refractivity contribution in [3.05, 3.63) is 54.1 Å². The van der Waals surface area contributed by atoms with Gasteiger partial charge in [0, 0.05) is 42.0 Å². The maximum atomic E-state index is 11.8. The third-order valence-electron chi connectivity index (χ3n) is 6.21. The molecule has 7 heteroatoms. The van der Waals surface area contributed by atoms with Crippen molar-refractivity contribution in [3.8, 4) is 0 Å². The van der Waals surface area contributed by atoms with Crippen LogP contribution in [0.5, 0.6) is 0 Å². The number of nitrogens with one attached hydrogen (secondary N) is 2. The largest absolute Gasteiger partial charge is 0.368 e. The van der Waals surface area contributed by atoms with E-state index in [1.54, 1.807) is 6.33 Å². The van der Waals surface area contributed by atoms with Crippen LogP contribution in [0.15, 0.2) is 42.7 Å². The van der Waals surface area contributed by atoms with E-state index in [0.717, 1.165) is 43.9 Å². The molecule has 2 fully saturated rings. The second-order valence-corrected chi connectivity index (χ2v) is 7.99. The maximum Gasteiger partial charge on any atom is 0.249 e. The average molecular weight is 391 g/mol. The zero-order valence-electron chi connectivity index (χ0n) is 16.5. The molecule has 7 nitrogen and oxygen atoms in total. The first-order valence-corrected chi connectivity index (χ1v) is 10.3. The molecule has 3 atom stereocenters. The van der Waals surface area contributed by atoms with E-state index in [0.29, 0.717) is 5.92 Å². The molecule has 1 aromatic carbocycles. The van der Waals surface area contributed by atoms with Crippen molar-refractivity contribution < 1.29 is 9.63 Å². The average Bonchev–Trinajstić information content (AvgIpc) is 3.27. The van der Waals surface area contributed by atoms with Crippen LogP contribution in [0.25, 0.3) is 10.9 Å². The number of nitrogens with zero attached hydrogens (tertiary/aromatic N) is 3. The number of amides is 1. The first-order valence-electron chi connectivity index (χ1n) is 10.3. The van der Waals surface area contributed by atoms with Crippen molar-refractivity contribution in [2.24, 2.45) is 5.92 Å². The predicted molar refractivity (Wildman–Crippen MR) is 110 cm³/mol. The highest BCUT2D eigenvalue weighted by molar-refractivity contribution is 5.81. The Kier molecular flexibility index (Phi) is 4.67. The van der Waals surface area contributed by atoms with E-state index in [1.165, 1.54) is 16.6 Å². The molecular formula is C22H25N5O2. The van der Waals surface area contributed by atoms with Gasteiger partial charge in [-0.25, -0.2) is 15.4 Å². The number of carbonyl (C=O) groups is 1. The molecule has 5 rings (SSSR count). The Morgan fingerprint density at radius 3 is 3.07 bits per heavy atom. The van der Waals surface area contributed by atoms with Crippen molar-refractivity contribution in [1.29, 1.82) is 0 Å². The molecule has 1 amide bonds. The number of para-hydroxylation sites is 1. The van der Waals surface area contributed by atoms with Gasteiger partial charge in [-0.3, -0.25) is 9.63 Å². The summed E-state index contributed by atoms with van der Waals surface area (Å²) in [5.41, 5.74) is 6.05. The Morgan fingerprint density at radius 2 is 2.14 bits per heavy atom. The number of aryl methyl sites for hydroxylation is 1. The summed E-state index contributed by atoms with van der Waals surface area (Å²) in [5.74, 6) is 1.15. The van der Waals surface area contributed by atoms with Crippen LogP contribution >= 0.6 is 0 Å². The first-order chi connectivity index (χ1) is 14.2. The number of hydrogen-bond donors (Lipinski definition) is 2. The van der Waals surface area contributed by atoms with Crippen LogP contribution in [0.2, 0.25) is 0 Å². The number of aromatic nitrogens is 3. The normalized spacial score (nSPS) is 23.8. The van der Waals surface area contributed by atoms with Crippen molar-refractivity contribution in [2.45, 2.75) is 44.8 Å². The molecule has 1 saturated carbocycles. The molecule has 3 heterocycles. The molecule has 0 radical (unpaired) electrons. The van der Waals surface area contributed by atoms with Gasteiger partial charge in [-0.15, -0.1) is 0 Å². The molecule has 2 aliphatic rings. The number of rotatable bonds is 5. The number of hydroxylamine groups is 1. The number of anilines is 1. The molecule has 150 valence electrons. The fraction of sp³-hybridized carbons (Fsp3) is 0.409. The van der Waals surface area contributed by atoms with Crippen LogP contribution in [-0.2, 0) is 16.2 Å². The Labute approximate surface area is 169 Å². The van der Waals surface area contributed by atoms with Crippen LogP contribution in [0.3, 0.4) is 0 Å². The van der Waals surface area contributed by atoms with Crippen LogP contribution in [0.4, 0.5) is 5.82 Å². The lowest BCUT2D eigenvalue weighted by atomic mass is 9.78. The third-order valence-corrected chi connectivity index (χ3v) is 6.21. The first kappa shape index (κ1) is 18.1. The summed E-state index contributed by atoms with van der Waals surface area (Å²) in [5, 5.41) is 4.71. The van der Waals surface area contributed by atoms with Crippen LogP contribution in [-0.4, -0.2) is 33.1 Å². The van der Waals surface area contributed by atoms with Gasteiger partial charge in [0.2, 0.25) is 5.91 Å². The van der Waals surface area contributed by atoms with Gasteiger partial charge in [0.05, 0.1) is 12.0 Å². The molecule has 1 aliphatic carbocycles. The molecule has 3 unspecified atom stereocenters. The van der Waals surface area contributed by atoms with Gasteiger partial charge in [-0.05, 0) is 43.7 Å². The number of hydrogen-bond acceptors (Lipinski definition) is 5. The molecule has 1 saturated heterocycles. The van der Waals surface area contributed by atoms with E-state index >= 15 is 0 Å². The van der Waals surface area contributed by atoms with Gasteiger partial charge in [-0.1, -0.05) is 18.2 Å². The van der Waals surface area contributed by atoms with Crippen molar-refractivity contribution in [2.75, 3.05) is 11.9 Å². The summed E-state index contributed by atoms with van der Waals surface area (Å²) in [6.07, 6.45) is 4.18. The molecule has 0 spiro atoms. The predicted octanol–water partition coefficient (Wildman–Crippen LogP) is 3.17. The van der Waals surface area contributed by atoms with E-state index < -0.39 is 0 Å². The summed E-state index contributed by atoms with van der Waals surface area (Å²) in [7, 11) is 0. The smallest absolute Gasteiger partial charge is 0.249 e. The number of carbonyl (C=O) groups excluding carboxylic acids is 1. The van der Waals surface area contributed by atoms with Crippen molar-refractivity contribution in [3.63, 3.8) is 0 Å². The van der Waals surface area contributed by atoms with Gasteiger partial charge in [0.15, 0.2) is 0 Å². The van der Waals surface area contributed by atoms with Crippen molar-refractivity contribution >= 4 is 22.6 Å². The van der Waals surface area contributed by atoms with Crippen molar-refractivity contribution in [1.82, 2.24) is 20.0 Å². The second kappa shape index (κ2) is 7.48. The zero-order valence-corrected chi connectivity index (χ0v) is 16.5. The van der Waals surface area contributed by atoms with E-state index in [2.05, 4.69) is 62.6 Å². The summed E-state index contributed by atoms with van der Waals surface area (Å²) in [6, 6.07) is 12.7. The minimum Gasteiger partial charge on any atom is -0.368 e. The lowest BCUT2D eigenvalue weighted by molar-refractivity contribution is -0.126. The highest BCUT2D eigenvalue weighted by Gasteiger charge is 2.41. The van der Waals surface area contributed by atoms with Gasteiger partial charge in [0.1, 0.15) is 12.1 Å². The number of fused-ring (bicyclic) bond motifs is 2. The van der Waals surface area contributed by atoms with E-state index in [9.17, 15) is 4.79 Å². The van der Waals surface area contributed by atoms with E-state index in [1.807, 2.05) is 6.07 Å². The SMILES string of the molecule is Cc1cc2ccccc2n1CCNc1cc(C2CCC3C(=O)NOC3C2)ncn1. The van der Waals surface area contributed by atoms with Crippen LogP contribution < -0.4 is 10.8 Å². The molecular weight excluding hydrogens is 366 g/mol. The molecule has 3 aromatic rings. The topological polar surface area (TPSA) is 81.1 Å². The van der Waals surface area contributed by atoms with Gasteiger partial charge in [-0.2, -0.15) is 0 Å². The fourth-order valence-corrected chi connectivity index (χ4v) is 4.67. The van der Waals surface area contributed by atoms with Crippen LogP contribution in [0.1, 0.15) is 36.6 Å². The fourth-order valence-electron chi connectivity index (χ4n) is 4.67. The summed E-state index contributed by atoms with van der Waals surface area (Å²) in [6.45, 7) is 3.80. The van der Waals surface area contributed by atoms with Gasteiger partial charge in [0.25, 0.3) is 0 Å². The third kappa shape index (κ3) is 3.46. The minimum atomic E-state index is -0.0439. The lowest BCUT2D eigenvalue weighted by Crippen LogP contribution is -2.29. The molecule has 0 bridgehead atoms.